The zero-order chi connectivity index (χ0) is 20.3. The Bertz CT molecular complexity index is 1070. The first-order valence-corrected chi connectivity index (χ1v) is 10.9. The van der Waals surface area contributed by atoms with Crippen molar-refractivity contribution < 1.29 is 8.42 Å². The molecule has 0 aliphatic carbocycles. The van der Waals surface area contributed by atoms with Crippen molar-refractivity contribution in [3.8, 4) is 0 Å². The average Bonchev–Trinajstić information content (AvgIpc) is 2.75. The van der Waals surface area contributed by atoms with Gasteiger partial charge in [-0.25, -0.2) is 8.42 Å². The molecule has 1 saturated heterocycles. The normalized spacial score (nSPS) is 15.3. The van der Waals surface area contributed by atoms with E-state index < -0.39 is 10.0 Å². The molecule has 1 fully saturated rings. The molecule has 1 aromatic carbocycles. The van der Waals surface area contributed by atoms with E-state index in [0.29, 0.717) is 37.8 Å². The number of nitrogens with zero attached hydrogens (tertiary/aromatic N) is 5. The quantitative estimate of drug-likeness (QED) is 0.665. The second-order valence-electron chi connectivity index (χ2n) is 6.47. The highest BCUT2D eigenvalue weighted by Gasteiger charge is 2.30. The molecule has 0 saturated carbocycles. The van der Waals surface area contributed by atoms with Crippen LogP contribution >= 0.6 is 11.6 Å². The lowest BCUT2D eigenvalue weighted by atomic mass is 10.3. The van der Waals surface area contributed by atoms with E-state index in [-0.39, 0.29) is 9.92 Å². The minimum atomic E-state index is -3.62. The Labute approximate surface area is 174 Å². The fraction of sp³-hybridized carbons (Fsp3) is 0.211. The van der Waals surface area contributed by atoms with Crippen molar-refractivity contribution in [3.05, 3.63) is 65.9 Å². The maximum absolute atomic E-state index is 12.9. The number of hydrogen-bond acceptors (Lipinski definition) is 7. The van der Waals surface area contributed by atoms with Crippen LogP contribution in [0, 0.1) is 0 Å². The van der Waals surface area contributed by atoms with Crippen LogP contribution < -0.4 is 10.2 Å². The summed E-state index contributed by atoms with van der Waals surface area (Å²) < 4.78 is 27.2. The average molecular weight is 431 g/mol. The second kappa shape index (κ2) is 8.32. The minimum absolute atomic E-state index is 0.140. The Morgan fingerprint density at radius 2 is 1.72 bits per heavy atom. The van der Waals surface area contributed by atoms with Gasteiger partial charge in [-0.1, -0.05) is 23.7 Å². The molecule has 1 N–H and O–H groups in total. The van der Waals surface area contributed by atoms with Gasteiger partial charge in [0.2, 0.25) is 10.0 Å². The summed E-state index contributed by atoms with van der Waals surface area (Å²) in [6.45, 7) is 1.75. The van der Waals surface area contributed by atoms with Crippen LogP contribution in [0.15, 0.2) is 65.8 Å². The zero-order valence-corrected chi connectivity index (χ0v) is 17.0. The van der Waals surface area contributed by atoms with Crippen molar-refractivity contribution >= 4 is 38.9 Å². The Hall–Kier alpha value is -2.75. The third-order valence-corrected chi connectivity index (χ3v) is 7.00. The van der Waals surface area contributed by atoms with Crippen LogP contribution in [-0.4, -0.2) is 54.1 Å². The van der Waals surface area contributed by atoms with Gasteiger partial charge in [0.05, 0.1) is 16.9 Å². The van der Waals surface area contributed by atoms with Crippen molar-refractivity contribution in [1.29, 1.82) is 0 Å². The van der Waals surface area contributed by atoms with Crippen molar-refractivity contribution in [2.24, 2.45) is 0 Å². The van der Waals surface area contributed by atoms with Crippen LogP contribution in [0.2, 0.25) is 5.02 Å². The molecule has 150 valence electrons. The molecule has 2 aromatic heterocycles. The second-order valence-corrected chi connectivity index (χ2v) is 8.78. The summed E-state index contributed by atoms with van der Waals surface area (Å²) in [5.41, 5.74) is 0.827. The van der Waals surface area contributed by atoms with Gasteiger partial charge in [0, 0.05) is 32.4 Å². The monoisotopic (exact) mass is 430 g/mol. The third kappa shape index (κ3) is 4.31. The number of anilines is 3. The molecule has 29 heavy (non-hydrogen) atoms. The first-order valence-electron chi connectivity index (χ1n) is 9.04. The summed E-state index contributed by atoms with van der Waals surface area (Å²) in [7, 11) is -3.62. The minimum Gasteiger partial charge on any atom is -0.352 e. The Morgan fingerprint density at radius 3 is 2.38 bits per heavy atom. The van der Waals surface area contributed by atoms with Gasteiger partial charge in [-0.2, -0.15) is 4.31 Å². The maximum atomic E-state index is 12.9. The highest BCUT2D eigenvalue weighted by molar-refractivity contribution is 7.89. The highest BCUT2D eigenvalue weighted by Crippen LogP contribution is 2.26. The van der Waals surface area contributed by atoms with E-state index in [2.05, 4.69) is 20.5 Å². The summed E-state index contributed by atoms with van der Waals surface area (Å²) >= 11 is 6.08. The predicted octanol–water partition coefficient (Wildman–Crippen LogP) is 2.78. The lowest BCUT2D eigenvalue weighted by Crippen LogP contribution is -2.49. The molecule has 8 nitrogen and oxygen atoms in total. The fourth-order valence-corrected chi connectivity index (χ4v) is 5.01. The summed E-state index contributed by atoms with van der Waals surface area (Å²) in [5, 5.41) is 11.8. The van der Waals surface area contributed by atoms with Crippen molar-refractivity contribution in [1.82, 2.24) is 19.5 Å². The van der Waals surface area contributed by atoms with Crippen molar-refractivity contribution in [2.75, 3.05) is 36.4 Å². The lowest BCUT2D eigenvalue weighted by Gasteiger charge is -2.34. The van der Waals surface area contributed by atoms with E-state index in [4.69, 9.17) is 11.6 Å². The maximum Gasteiger partial charge on any atom is 0.244 e. The molecule has 0 amide bonds. The Balaban J connectivity index is 1.40. The van der Waals surface area contributed by atoms with Gasteiger partial charge in [-0.15, -0.1) is 10.2 Å². The van der Waals surface area contributed by atoms with Crippen LogP contribution in [0.5, 0.6) is 0 Å². The van der Waals surface area contributed by atoms with E-state index >= 15 is 0 Å². The number of sulfonamides is 1. The predicted molar refractivity (Wildman–Crippen MR) is 112 cm³/mol. The van der Waals surface area contributed by atoms with E-state index in [1.54, 1.807) is 30.6 Å². The standard InChI is InChI=1S/C19H19ClN6O2S/c20-16-5-1-2-6-17(16)29(27,28)26-12-10-25(11-13-26)19-8-7-18(23-24-19)22-15-4-3-9-21-14-15/h1-9,14H,10-13H2,(H,22,23). The Morgan fingerprint density at radius 1 is 0.931 bits per heavy atom. The number of halogens is 1. The van der Waals surface area contributed by atoms with E-state index in [1.165, 1.54) is 10.4 Å². The number of piperazine rings is 1. The van der Waals surface area contributed by atoms with Crippen LogP contribution in [0.1, 0.15) is 0 Å². The van der Waals surface area contributed by atoms with Crippen LogP contribution in [-0.2, 0) is 10.0 Å². The number of nitrogens with one attached hydrogen (secondary N) is 1. The molecule has 1 aliphatic rings. The number of hydrogen-bond donors (Lipinski definition) is 1. The van der Waals surface area contributed by atoms with Crippen LogP contribution in [0.3, 0.4) is 0 Å². The molecule has 4 rings (SSSR count). The number of pyridine rings is 1. The molecule has 0 spiro atoms. The molecular formula is C19H19ClN6O2S. The molecule has 1 aliphatic heterocycles. The summed E-state index contributed by atoms with van der Waals surface area (Å²) in [6.07, 6.45) is 3.40. The van der Waals surface area contributed by atoms with E-state index in [9.17, 15) is 8.42 Å². The lowest BCUT2D eigenvalue weighted by molar-refractivity contribution is 0.383. The summed E-state index contributed by atoms with van der Waals surface area (Å²) in [4.78, 5) is 6.20. The summed E-state index contributed by atoms with van der Waals surface area (Å²) in [6, 6.07) is 13.9. The molecule has 10 heteroatoms. The molecule has 0 bridgehead atoms. The van der Waals surface area contributed by atoms with Crippen molar-refractivity contribution in [3.63, 3.8) is 0 Å². The molecule has 0 atom stereocenters. The molecule has 3 aromatic rings. The van der Waals surface area contributed by atoms with Gasteiger partial charge in [-0.3, -0.25) is 4.98 Å². The third-order valence-electron chi connectivity index (χ3n) is 4.60. The van der Waals surface area contributed by atoms with Gasteiger partial charge in [0.15, 0.2) is 11.6 Å². The highest BCUT2D eigenvalue weighted by atomic mass is 35.5. The number of rotatable bonds is 5. The first kappa shape index (κ1) is 19.6. The van der Waals surface area contributed by atoms with Crippen LogP contribution in [0.25, 0.3) is 0 Å². The number of aromatic nitrogens is 3. The summed E-state index contributed by atoms with van der Waals surface area (Å²) in [5.74, 6) is 1.32. The molecule has 0 radical (unpaired) electrons. The SMILES string of the molecule is O=S(=O)(c1ccccc1Cl)N1CCN(c2ccc(Nc3cccnc3)nn2)CC1. The number of benzene rings is 1. The smallest absolute Gasteiger partial charge is 0.244 e. The van der Waals surface area contributed by atoms with Gasteiger partial charge in [-0.05, 0) is 36.4 Å². The largest absolute Gasteiger partial charge is 0.352 e. The van der Waals surface area contributed by atoms with Gasteiger partial charge < -0.3 is 10.2 Å². The van der Waals surface area contributed by atoms with Crippen molar-refractivity contribution in [2.45, 2.75) is 4.90 Å². The van der Waals surface area contributed by atoms with Gasteiger partial charge in [0.1, 0.15) is 4.90 Å². The Kier molecular flexibility index (Phi) is 5.61. The van der Waals surface area contributed by atoms with E-state index in [1.807, 2.05) is 29.2 Å². The first-order chi connectivity index (χ1) is 14.0. The molecule has 0 unspecified atom stereocenters. The zero-order valence-electron chi connectivity index (χ0n) is 15.4. The van der Waals surface area contributed by atoms with Crippen LogP contribution in [0.4, 0.5) is 17.3 Å². The molecule has 3 heterocycles. The molecular weight excluding hydrogens is 412 g/mol. The topological polar surface area (TPSA) is 91.3 Å². The van der Waals surface area contributed by atoms with Gasteiger partial charge >= 0.3 is 0 Å². The fourth-order valence-electron chi connectivity index (χ4n) is 3.10. The van der Waals surface area contributed by atoms with E-state index in [0.717, 1.165) is 5.69 Å². The van der Waals surface area contributed by atoms with Gasteiger partial charge in [0.25, 0.3) is 0 Å².